The topological polar surface area (TPSA) is 136 Å². The van der Waals surface area contributed by atoms with Crippen molar-refractivity contribution in [3.63, 3.8) is 0 Å². The summed E-state index contributed by atoms with van der Waals surface area (Å²) in [6.07, 6.45) is 1.76. The van der Waals surface area contributed by atoms with Gasteiger partial charge in [-0.1, -0.05) is 11.3 Å². The largest absolute Gasteiger partial charge is 0.382 e. The highest BCUT2D eigenvalue weighted by Crippen LogP contribution is 2.32. The van der Waals surface area contributed by atoms with Crippen LogP contribution in [0.25, 0.3) is 0 Å². The van der Waals surface area contributed by atoms with E-state index in [1.54, 1.807) is 18.2 Å². The van der Waals surface area contributed by atoms with Crippen molar-refractivity contribution < 1.29 is 25.3 Å². The van der Waals surface area contributed by atoms with E-state index in [2.05, 4.69) is 20.9 Å². The molecule has 0 bridgehead atoms. The smallest absolute Gasteiger partial charge is 0.264 e. The summed E-state index contributed by atoms with van der Waals surface area (Å²) in [7, 11) is 0. The van der Waals surface area contributed by atoms with E-state index in [1.807, 2.05) is 0 Å². The molecule has 2 N–H and O–H groups in total. The Hall–Kier alpha value is -3.60. The highest BCUT2D eigenvalue weighted by molar-refractivity contribution is 6.25. The number of hydrogen-bond acceptors (Lipinski definition) is 8. The van der Waals surface area contributed by atoms with Gasteiger partial charge in [-0.05, 0) is 18.6 Å². The summed E-state index contributed by atoms with van der Waals surface area (Å²) in [5.74, 6) is -2.16. The first-order valence-electron chi connectivity index (χ1n) is 9.98. The van der Waals surface area contributed by atoms with Crippen molar-refractivity contribution in [2.75, 3.05) is 25.1 Å². The van der Waals surface area contributed by atoms with Crippen LogP contribution in [-0.4, -0.2) is 69.3 Å². The van der Waals surface area contributed by atoms with Gasteiger partial charge < -0.3 is 10.1 Å². The van der Waals surface area contributed by atoms with Crippen molar-refractivity contribution in [2.24, 2.45) is 0 Å². The molecule has 1 aromatic heterocycles. The number of rotatable bonds is 8. The Morgan fingerprint density at radius 1 is 1.23 bits per heavy atom. The standard InChI is InChI=1S/C19H20N6O5/c26-15-5-4-14(17(27)22-15)25-18(28)12-2-1-3-13(16(12)19(25)29)20-7-10-30-11-9-24-8-6-21-23-24/h1-3,6,8,14,20H,4-5,7,9-11H2,(H,22,26,27)/i6D. The molecule has 0 aliphatic carbocycles. The van der Waals surface area contributed by atoms with Crippen LogP contribution in [0.1, 0.15) is 34.9 Å². The minimum absolute atomic E-state index is 0.0734. The Labute approximate surface area is 172 Å². The molecular formula is C19H20N6O5. The summed E-state index contributed by atoms with van der Waals surface area (Å²) < 4.78 is 14.3. The van der Waals surface area contributed by atoms with Crippen LogP contribution in [0.4, 0.5) is 5.69 Å². The molecular weight excluding hydrogens is 392 g/mol. The average Bonchev–Trinajstić information content (AvgIpc) is 3.26. The number of piperidine rings is 1. The number of imide groups is 2. The van der Waals surface area contributed by atoms with Crippen molar-refractivity contribution in [3.05, 3.63) is 41.7 Å². The lowest BCUT2D eigenvalue weighted by molar-refractivity contribution is -0.136. The lowest BCUT2D eigenvalue weighted by Gasteiger charge is -2.27. The Morgan fingerprint density at radius 2 is 2.10 bits per heavy atom. The molecule has 11 nitrogen and oxygen atoms in total. The van der Waals surface area contributed by atoms with Crippen molar-refractivity contribution in [2.45, 2.75) is 25.4 Å². The number of benzene rings is 1. The summed E-state index contributed by atoms with van der Waals surface area (Å²) in [4.78, 5) is 50.3. The fourth-order valence-corrected chi connectivity index (χ4v) is 3.49. The predicted octanol–water partition coefficient (Wildman–Crippen LogP) is -0.192. The number of nitrogens with zero attached hydrogens (tertiary/aromatic N) is 4. The van der Waals surface area contributed by atoms with E-state index in [0.717, 1.165) is 4.90 Å². The van der Waals surface area contributed by atoms with Gasteiger partial charge >= 0.3 is 0 Å². The lowest BCUT2D eigenvalue weighted by atomic mass is 10.0. The number of nitrogens with one attached hydrogen (secondary N) is 2. The second-order valence-electron chi connectivity index (χ2n) is 6.83. The molecule has 2 aromatic rings. The summed E-state index contributed by atoms with van der Waals surface area (Å²) in [6, 6.07) is 3.89. The maximum absolute atomic E-state index is 13.0. The zero-order chi connectivity index (χ0) is 22.0. The third kappa shape index (κ3) is 3.79. The molecule has 1 unspecified atom stereocenters. The van der Waals surface area contributed by atoms with Crippen LogP contribution < -0.4 is 10.6 Å². The molecule has 4 rings (SSSR count). The molecule has 1 atom stereocenters. The van der Waals surface area contributed by atoms with Gasteiger partial charge in [0.05, 0.1) is 38.4 Å². The van der Waals surface area contributed by atoms with E-state index >= 15 is 0 Å². The first kappa shape index (κ1) is 18.4. The van der Waals surface area contributed by atoms with Crippen LogP contribution in [0.2, 0.25) is 0 Å². The third-order valence-electron chi connectivity index (χ3n) is 4.92. The maximum Gasteiger partial charge on any atom is 0.264 e. The van der Waals surface area contributed by atoms with Crippen LogP contribution in [0, 0.1) is 0 Å². The number of anilines is 1. The van der Waals surface area contributed by atoms with E-state index in [0.29, 0.717) is 32.0 Å². The van der Waals surface area contributed by atoms with Gasteiger partial charge in [0.2, 0.25) is 11.8 Å². The van der Waals surface area contributed by atoms with Gasteiger partial charge in [0, 0.05) is 24.8 Å². The van der Waals surface area contributed by atoms with Gasteiger partial charge in [-0.15, -0.1) is 5.10 Å². The van der Waals surface area contributed by atoms with Gasteiger partial charge in [-0.2, -0.15) is 0 Å². The van der Waals surface area contributed by atoms with Gasteiger partial charge in [0.25, 0.3) is 11.8 Å². The minimum atomic E-state index is -0.998. The van der Waals surface area contributed by atoms with Crippen LogP contribution in [0.15, 0.2) is 30.6 Å². The second-order valence-corrected chi connectivity index (χ2v) is 6.83. The molecule has 2 aliphatic heterocycles. The lowest BCUT2D eigenvalue weighted by Crippen LogP contribution is -2.54. The average molecular weight is 413 g/mol. The Bertz CT molecular complexity index is 1050. The van der Waals surface area contributed by atoms with E-state index in [1.165, 1.54) is 10.9 Å². The van der Waals surface area contributed by atoms with Crippen LogP contribution in [-0.2, 0) is 20.9 Å². The summed E-state index contributed by atoms with van der Waals surface area (Å²) in [5, 5.41) is 12.6. The normalized spacial score (nSPS) is 19.0. The molecule has 0 spiro atoms. The maximum atomic E-state index is 13.0. The monoisotopic (exact) mass is 413 g/mol. The summed E-state index contributed by atoms with van der Waals surface area (Å²) >= 11 is 0. The van der Waals surface area contributed by atoms with E-state index < -0.39 is 29.7 Å². The van der Waals surface area contributed by atoms with Gasteiger partial charge in [-0.3, -0.25) is 34.1 Å². The van der Waals surface area contributed by atoms with Crippen LogP contribution in [0.3, 0.4) is 0 Å². The van der Waals surface area contributed by atoms with Crippen molar-refractivity contribution in [1.29, 1.82) is 0 Å². The number of carbonyl (C=O) groups is 4. The quantitative estimate of drug-likeness (QED) is 0.449. The zero-order valence-corrected chi connectivity index (χ0v) is 16.0. The van der Waals surface area contributed by atoms with E-state index in [-0.39, 0.29) is 30.1 Å². The summed E-state index contributed by atoms with van der Waals surface area (Å²) in [5.41, 5.74) is 0.908. The third-order valence-corrected chi connectivity index (χ3v) is 4.92. The first-order chi connectivity index (χ1) is 15.0. The molecule has 1 aromatic carbocycles. The molecule has 0 radical (unpaired) electrons. The molecule has 1 saturated heterocycles. The van der Waals surface area contributed by atoms with Gasteiger partial charge in [-0.25, -0.2) is 0 Å². The highest BCUT2D eigenvalue weighted by Gasteiger charge is 2.45. The van der Waals surface area contributed by atoms with E-state index in [9.17, 15) is 19.2 Å². The minimum Gasteiger partial charge on any atom is -0.382 e. The number of aromatic nitrogens is 3. The number of amides is 4. The van der Waals surface area contributed by atoms with Crippen molar-refractivity contribution in [3.8, 4) is 0 Å². The van der Waals surface area contributed by atoms with Gasteiger partial charge in [0.1, 0.15) is 6.04 Å². The van der Waals surface area contributed by atoms with Crippen LogP contribution in [0.5, 0.6) is 0 Å². The Balaban J connectivity index is 1.36. The number of carbonyl (C=O) groups excluding carboxylic acids is 4. The molecule has 0 saturated carbocycles. The molecule has 4 amide bonds. The van der Waals surface area contributed by atoms with E-state index in [4.69, 9.17) is 6.11 Å². The van der Waals surface area contributed by atoms with Crippen LogP contribution >= 0.6 is 0 Å². The fraction of sp³-hybridized carbons (Fsp3) is 0.368. The molecule has 11 heteroatoms. The number of fused-ring (bicyclic) bond motifs is 1. The Kier molecular flexibility index (Phi) is 5.17. The molecule has 3 heterocycles. The fourth-order valence-electron chi connectivity index (χ4n) is 3.49. The first-order valence-corrected chi connectivity index (χ1v) is 9.48. The van der Waals surface area contributed by atoms with Crippen molar-refractivity contribution in [1.82, 2.24) is 25.2 Å². The Morgan fingerprint density at radius 3 is 2.87 bits per heavy atom. The molecule has 2 aliphatic rings. The second kappa shape index (κ2) is 8.41. The van der Waals surface area contributed by atoms with Gasteiger partial charge in [0.15, 0.2) is 0 Å². The molecule has 30 heavy (non-hydrogen) atoms. The number of ether oxygens (including phenoxy) is 1. The SMILES string of the molecule is [2H]c1cn(CCOCCNc2cccc3c2C(=O)N(C2CCC(=O)NC2=O)C3=O)nn1. The highest BCUT2D eigenvalue weighted by atomic mass is 16.5. The number of hydrogen-bond donors (Lipinski definition) is 2. The predicted molar refractivity (Wildman–Crippen MR) is 102 cm³/mol. The molecule has 1 fully saturated rings. The zero-order valence-electron chi connectivity index (χ0n) is 17.0. The van der Waals surface area contributed by atoms with Crippen molar-refractivity contribution >= 4 is 29.3 Å². The summed E-state index contributed by atoms with van der Waals surface area (Å²) in [6.45, 7) is 1.56. The molecule has 156 valence electrons.